The molecule has 0 atom stereocenters. The quantitative estimate of drug-likeness (QED) is 0.535. The van der Waals surface area contributed by atoms with Gasteiger partial charge in [0.1, 0.15) is 11.6 Å². The van der Waals surface area contributed by atoms with Crippen LogP contribution in [0.4, 0.5) is 8.78 Å². The smallest absolute Gasteiger partial charge is 0.221 e. The van der Waals surface area contributed by atoms with E-state index in [9.17, 15) is 13.6 Å². The fourth-order valence-corrected chi connectivity index (χ4v) is 4.34. The summed E-state index contributed by atoms with van der Waals surface area (Å²) in [5, 5.41) is 3.09. The molecule has 1 saturated heterocycles. The average Bonchev–Trinajstić information content (AvgIpc) is 2.81. The molecule has 3 aromatic carbocycles. The van der Waals surface area contributed by atoms with Crippen LogP contribution in [0.15, 0.2) is 78.9 Å². The Labute approximate surface area is 188 Å². The zero-order valence-corrected chi connectivity index (χ0v) is 18.0. The standard InChI is InChI=1S/C27H28F2N2O/c28-24-10-6-22(7-11-24)27(23-8-12-25(29)13-9-23)30-26(32)18-20-14-16-31(17-15-20)19-21-4-2-1-3-5-21/h1-13,20,27H,14-19H2,(H,30,32). The Morgan fingerprint density at radius 3 is 1.91 bits per heavy atom. The van der Waals surface area contributed by atoms with E-state index >= 15 is 0 Å². The second kappa shape index (κ2) is 10.5. The number of benzene rings is 3. The molecule has 0 aliphatic carbocycles. The Morgan fingerprint density at radius 1 is 0.844 bits per heavy atom. The van der Waals surface area contributed by atoms with Crippen LogP contribution in [-0.2, 0) is 11.3 Å². The average molecular weight is 435 g/mol. The van der Waals surface area contributed by atoms with Gasteiger partial charge in [-0.05, 0) is 72.8 Å². The molecule has 0 bridgehead atoms. The number of nitrogens with one attached hydrogen (secondary N) is 1. The summed E-state index contributed by atoms with van der Waals surface area (Å²) in [7, 11) is 0. The predicted molar refractivity (Wildman–Crippen MR) is 122 cm³/mol. The second-order valence-corrected chi connectivity index (χ2v) is 8.51. The van der Waals surface area contributed by atoms with Gasteiger partial charge in [0, 0.05) is 13.0 Å². The van der Waals surface area contributed by atoms with Crippen molar-refractivity contribution in [3.8, 4) is 0 Å². The lowest BCUT2D eigenvalue weighted by molar-refractivity contribution is -0.122. The van der Waals surface area contributed by atoms with Crippen LogP contribution in [-0.4, -0.2) is 23.9 Å². The fourth-order valence-electron chi connectivity index (χ4n) is 4.34. The lowest BCUT2D eigenvalue weighted by atomic mass is 9.92. The zero-order chi connectivity index (χ0) is 22.3. The molecule has 0 aromatic heterocycles. The maximum absolute atomic E-state index is 13.4. The summed E-state index contributed by atoms with van der Waals surface area (Å²) >= 11 is 0. The summed E-state index contributed by atoms with van der Waals surface area (Å²) in [5.41, 5.74) is 2.85. The Morgan fingerprint density at radius 2 is 1.38 bits per heavy atom. The summed E-state index contributed by atoms with van der Waals surface area (Å²) in [4.78, 5) is 15.3. The maximum atomic E-state index is 13.4. The van der Waals surface area contributed by atoms with E-state index in [-0.39, 0.29) is 17.5 Å². The molecule has 5 heteroatoms. The van der Waals surface area contributed by atoms with Gasteiger partial charge >= 0.3 is 0 Å². The minimum atomic E-state index is -0.443. The SMILES string of the molecule is O=C(CC1CCN(Cc2ccccc2)CC1)NC(c1ccc(F)cc1)c1ccc(F)cc1. The molecule has 3 aromatic rings. The molecule has 1 amide bonds. The van der Waals surface area contributed by atoms with Gasteiger partial charge in [0.15, 0.2) is 0 Å². The van der Waals surface area contributed by atoms with Gasteiger partial charge in [0.2, 0.25) is 5.91 Å². The van der Waals surface area contributed by atoms with E-state index in [1.54, 1.807) is 24.3 Å². The first-order valence-electron chi connectivity index (χ1n) is 11.1. The first-order chi connectivity index (χ1) is 15.6. The molecule has 1 heterocycles. The van der Waals surface area contributed by atoms with E-state index in [1.165, 1.54) is 29.8 Å². The van der Waals surface area contributed by atoms with Gasteiger partial charge in [-0.1, -0.05) is 54.6 Å². The van der Waals surface area contributed by atoms with Gasteiger partial charge in [-0.3, -0.25) is 9.69 Å². The number of piperidine rings is 1. The van der Waals surface area contributed by atoms with Crippen LogP contribution < -0.4 is 5.32 Å². The van der Waals surface area contributed by atoms with E-state index in [1.807, 2.05) is 6.07 Å². The summed E-state index contributed by atoms with van der Waals surface area (Å²) < 4.78 is 26.8. The van der Waals surface area contributed by atoms with Gasteiger partial charge in [-0.2, -0.15) is 0 Å². The number of likely N-dealkylation sites (tertiary alicyclic amines) is 1. The molecular formula is C27H28F2N2O. The molecule has 0 spiro atoms. The van der Waals surface area contributed by atoms with Crippen molar-refractivity contribution in [2.24, 2.45) is 5.92 Å². The van der Waals surface area contributed by atoms with Crippen molar-refractivity contribution >= 4 is 5.91 Å². The van der Waals surface area contributed by atoms with E-state index in [2.05, 4.69) is 34.5 Å². The third-order valence-electron chi connectivity index (χ3n) is 6.14. The largest absolute Gasteiger partial charge is 0.345 e. The zero-order valence-electron chi connectivity index (χ0n) is 18.0. The topological polar surface area (TPSA) is 32.3 Å². The molecule has 0 saturated carbocycles. The molecule has 4 rings (SSSR count). The normalized spacial score (nSPS) is 15.1. The Balaban J connectivity index is 1.35. The Kier molecular flexibility index (Phi) is 7.28. The second-order valence-electron chi connectivity index (χ2n) is 8.51. The van der Waals surface area contributed by atoms with Crippen molar-refractivity contribution in [1.29, 1.82) is 0 Å². The number of hydrogen-bond donors (Lipinski definition) is 1. The molecule has 3 nitrogen and oxygen atoms in total. The van der Waals surface area contributed by atoms with E-state index in [0.717, 1.165) is 43.6 Å². The highest BCUT2D eigenvalue weighted by Crippen LogP contribution is 2.25. The third kappa shape index (κ3) is 6.01. The maximum Gasteiger partial charge on any atom is 0.221 e. The van der Waals surface area contributed by atoms with Crippen LogP contribution in [0.25, 0.3) is 0 Å². The molecule has 0 unspecified atom stereocenters. The van der Waals surface area contributed by atoms with Crippen LogP contribution in [0.1, 0.15) is 42.0 Å². The molecule has 32 heavy (non-hydrogen) atoms. The third-order valence-corrected chi connectivity index (χ3v) is 6.14. The molecular weight excluding hydrogens is 406 g/mol. The van der Waals surface area contributed by atoms with E-state index in [0.29, 0.717) is 12.3 Å². The van der Waals surface area contributed by atoms with Crippen molar-refractivity contribution in [3.63, 3.8) is 0 Å². The van der Waals surface area contributed by atoms with Crippen LogP contribution in [0, 0.1) is 17.6 Å². The van der Waals surface area contributed by atoms with Crippen molar-refractivity contribution in [2.75, 3.05) is 13.1 Å². The highest BCUT2D eigenvalue weighted by atomic mass is 19.1. The van der Waals surface area contributed by atoms with Crippen molar-refractivity contribution < 1.29 is 13.6 Å². The number of nitrogens with zero attached hydrogens (tertiary/aromatic N) is 1. The van der Waals surface area contributed by atoms with Crippen molar-refractivity contribution in [2.45, 2.75) is 31.8 Å². The number of carbonyl (C=O) groups is 1. The number of halogens is 2. The number of rotatable bonds is 7. The van der Waals surface area contributed by atoms with Crippen LogP contribution >= 0.6 is 0 Å². The van der Waals surface area contributed by atoms with Gasteiger partial charge in [-0.15, -0.1) is 0 Å². The summed E-state index contributed by atoms with van der Waals surface area (Å²) in [6, 6.07) is 22.1. The highest BCUT2D eigenvalue weighted by molar-refractivity contribution is 5.77. The minimum Gasteiger partial charge on any atom is -0.345 e. The molecule has 166 valence electrons. The molecule has 1 N–H and O–H groups in total. The minimum absolute atomic E-state index is 0.0369. The predicted octanol–water partition coefficient (Wildman–Crippen LogP) is 5.47. The molecule has 0 radical (unpaired) electrons. The Hall–Kier alpha value is -3.05. The lowest BCUT2D eigenvalue weighted by Crippen LogP contribution is -2.36. The lowest BCUT2D eigenvalue weighted by Gasteiger charge is -2.32. The van der Waals surface area contributed by atoms with E-state index in [4.69, 9.17) is 0 Å². The number of carbonyl (C=O) groups excluding carboxylic acids is 1. The Bertz CT molecular complexity index is 953. The number of amides is 1. The first kappa shape index (κ1) is 22.2. The van der Waals surface area contributed by atoms with E-state index < -0.39 is 6.04 Å². The van der Waals surface area contributed by atoms with Crippen LogP contribution in [0.2, 0.25) is 0 Å². The summed E-state index contributed by atoms with van der Waals surface area (Å²) in [5.74, 6) is -0.366. The van der Waals surface area contributed by atoms with Crippen molar-refractivity contribution in [1.82, 2.24) is 10.2 Å². The van der Waals surface area contributed by atoms with Gasteiger partial charge in [0.25, 0.3) is 0 Å². The van der Waals surface area contributed by atoms with Crippen LogP contribution in [0.3, 0.4) is 0 Å². The highest BCUT2D eigenvalue weighted by Gasteiger charge is 2.24. The van der Waals surface area contributed by atoms with Gasteiger partial charge < -0.3 is 5.32 Å². The number of hydrogen-bond acceptors (Lipinski definition) is 2. The van der Waals surface area contributed by atoms with Gasteiger partial charge in [0.05, 0.1) is 6.04 Å². The van der Waals surface area contributed by atoms with Gasteiger partial charge in [-0.25, -0.2) is 8.78 Å². The summed E-state index contributed by atoms with van der Waals surface area (Å²) in [6.07, 6.45) is 2.42. The molecule has 1 aliphatic heterocycles. The fraction of sp³-hybridized carbons (Fsp3) is 0.296. The first-order valence-corrected chi connectivity index (χ1v) is 11.1. The monoisotopic (exact) mass is 434 g/mol. The molecule has 1 aliphatic rings. The molecule has 1 fully saturated rings. The summed E-state index contributed by atoms with van der Waals surface area (Å²) in [6.45, 7) is 2.90. The van der Waals surface area contributed by atoms with Crippen LogP contribution in [0.5, 0.6) is 0 Å². The van der Waals surface area contributed by atoms with Crippen molar-refractivity contribution in [3.05, 3.63) is 107 Å².